The largest absolute Gasteiger partial charge is 0.465 e. The summed E-state index contributed by atoms with van der Waals surface area (Å²) in [7, 11) is 1.39. The van der Waals surface area contributed by atoms with E-state index in [-0.39, 0.29) is 5.97 Å². The molecule has 0 saturated carbocycles. The first-order valence-corrected chi connectivity index (χ1v) is 5.40. The SMILES string of the molecule is C=C(C)c1ccc2ccc(C(=O)OC)cc2c1. The van der Waals surface area contributed by atoms with Crippen molar-refractivity contribution in [2.75, 3.05) is 7.11 Å². The van der Waals surface area contributed by atoms with Gasteiger partial charge < -0.3 is 4.74 Å². The highest BCUT2D eigenvalue weighted by molar-refractivity contribution is 5.96. The summed E-state index contributed by atoms with van der Waals surface area (Å²) in [4.78, 5) is 11.4. The van der Waals surface area contributed by atoms with E-state index in [1.54, 1.807) is 6.07 Å². The first-order chi connectivity index (χ1) is 8.11. The molecule has 0 aliphatic heterocycles. The molecule has 0 radical (unpaired) electrons. The first kappa shape index (κ1) is 11.4. The van der Waals surface area contributed by atoms with Crippen LogP contribution in [0.3, 0.4) is 0 Å². The van der Waals surface area contributed by atoms with Crippen LogP contribution in [0, 0.1) is 0 Å². The molecule has 2 aromatic carbocycles. The Balaban J connectivity index is 2.58. The van der Waals surface area contributed by atoms with Crippen molar-refractivity contribution in [3.8, 4) is 0 Å². The summed E-state index contributed by atoms with van der Waals surface area (Å²) in [5.74, 6) is -0.312. The number of carbonyl (C=O) groups excluding carboxylic acids is 1. The van der Waals surface area contributed by atoms with Crippen LogP contribution in [0.1, 0.15) is 22.8 Å². The van der Waals surface area contributed by atoms with Crippen LogP contribution in [0.2, 0.25) is 0 Å². The number of rotatable bonds is 2. The fraction of sp³-hybridized carbons (Fsp3) is 0.133. The van der Waals surface area contributed by atoms with Gasteiger partial charge in [0, 0.05) is 0 Å². The molecule has 0 aliphatic carbocycles. The van der Waals surface area contributed by atoms with Gasteiger partial charge in [-0.2, -0.15) is 0 Å². The summed E-state index contributed by atoms with van der Waals surface area (Å²) in [5, 5.41) is 2.12. The third-order valence-electron chi connectivity index (χ3n) is 2.75. The molecular weight excluding hydrogens is 212 g/mol. The number of hydrogen-bond acceptors (Lipinski definition) is 2. The van der Waals surface area contributed by atoms with E-state index < -0.39 is 0 Å². The van der Waals surface area contributed by atoms with Crippen molar-refractivity contribution in [2.45, 2.75) is 6.92 Å². The molecule has 0 unspecified atom stereocenters. The lowest BCUT2D eigenvalue weighted by Gasteiger charge is -2.05. The van der Waals surface area contributed by atoms with E-state index in [2.05, 4.69) is 6.58 Å². The second-order valence-electron chi connectivity index (χ2n) is 4.05. The molecule has 86 valence electrons. The van der Waals surface area contributed by atoms with Crippen LogP contribution in [-0.2, 0) is 4.74 Å². The van der Waals surface area contributed by atoms with E-state index in [0.717, 1.165) is 21.9 Å². The van der Waals surface area contributed by atoms with Crippen molar-refractivity contribution in [3.05, 3.63) is 54.1 Å². The lowest BCUT2D eigenvalue weighted by atomic mass is 10.0. The van der Waals surface area contributed by atoms with Crippen LogP contribution >= 0.6 is 0 Å². The molecule has 0 fully saturated rings. The summed E-state index contributed by atoms with van der Waals surface area (Å²) in [5.41, 5.74) is 2.66. The van der Waals surface area contributed by atoms with Gasteiger partial charge in [-0.1, -0.05) is 30.4 Å². The third kappa shape index (κ3) is 2.21. The number of methoxy groups -OCH3 is 1. The number of carbonyl (C=O) groups is 1. The lowest BCUT2D eigenvalue weighted by molar-refractivity contribution is 0.0601. The predicted octanol–water partition coefficient (Wildman–Crippen LogP) is 3.66. The van der Waals surface area contributed by atoms with E-state index in [4.69, 9.17) is 4.74 Å². The Morgan fingerprint density at radius 1 is 1.06 bits per heavy atom. The van der Waals surface area contributed by atoms with Crippen molar-refractivity contribution in [2.24, 2.45) is 0 Å². The fourth-order valence-corrected chi connectivity index (χ4v) is 1.76. The Hall–Kier alpha value is -2.09. The number of esters is 1. The van der Waals surface area contributed by atoms with Crippen molar-refractivity contribution in [1.29, 1.82) is 0 Å². The van der Waals surface area contributed by atoms with Crippen LogP contribution < -0.4 is 0 Å². The Kier molecular flexibility index (Phi) is 2.96. The van der Waals surface area contributed by atoms with Crippen molar-refractivity contribution < 1.29 is 9.53 Å². The highest BCUT2D eigenvalue weighted by Crippen LogP contribution is 2.21. The molecular formula is C15H14O2. The zero-order chi connectivity index (χ0) is 12.4. The Morgan fingerprint density at radius 3 is 2.24 bits per heavy atom. The molecule has 0 N–H and O–H groups in total. The summed E-state index contributed by atoms with van der Waals surface area (Å²) >= 11 is 0. The first-order valence-electron chi connectivity index (χ1n) is 5.40. The second kappa shape index (κ2) is 4.42. The lowest BCUT2D eigenvalue weighted by Crippen LogP contribution is -2.00. The Morgan fingerprint density at radius 2 is 1.65 bits per heavy atom. The molecule has 0 atom stereocenters. The van der Waals surface area contributed by atoms with Crippen molar-refractivity contribution >= 4 is 22.3 Å². The molecule has 0 amide bonds. The van der Waals surface area contributed by atoms with Crippen LogP contribution in [0.4, 0.5) is 0 Å². The van der Waals surface area contributed by atoms with Gasteiger partial charge in [-0.25, -0.2) is 4.79 Å². The van der Waals surface area contributed by atoms with Crippen molar-refractivity contribution in [3.63, 3.8) is 0 Å². The molecule has 17 heavy (non-hydrogen) atoms. The zero-order valence-electron chi connectivity index (χ0n) is 9.99. The van der Waals surface area contributed by atoms with E-state index in [9.17, 15) is 4.79 Å². The van der Waals surface area contributed by atoms with Gasteiger partial charge in [0.15, 0.2) is 0 Å². The summed E-state index contributed by atoms with van der Waals surface area (Å²) in [6, 6.07) is 11.6. The normalized spacial score (nSPS) is 10.2. The quantitative estimate of drug-likeness (QED) is 0.730. The van der Waals surface area contributed by atoms with Gasteiger partial charge >= 0.3 is 5.97 Å². The highest BCUT2D eigenvalue weighted by Gasteiger charge is 2.06. The maximum atomic E-state index is 11.4. The molecule has 2 aromatic rings. The second-order valence-corrected chi connectivity index (χ2v) is 4.05. The van der Waals surface area contributed by atoms with Gasteiger partial charge in [0.1, 0.15) is 0 Å². The summed E-state index contributed by atoms with van der Waals surface area (Å²) in [6.07, 6.45) is 0. The standard InChI is InChI=1S/C15H14O2/c1-10(2)12-6-4-11-5-7-13(15(16)17-3)9-14(11)8-12/h4-9H,1H2,2-3H3. The molecule has 0 aromatic heterocycles. The van der Waals surface area contributed by atoms with E-state index >= 15 is 0 Å². The monoisotopic (exact) mass is 226 g/mol. The number of allylic oxidation sites excluding steroid dienone is 1. The minimum atomic E-state index is -0.312. The minimum Gasteiger partial charge on any atom is -0.465 e. The molecule has 2 nitrogen and oxygen atoms in total. The molecule has 0 spiro atoms. The predicted molar refractivity (Wildman–Crippen MR) is 70.0 cm³/mol. The van der Waals surface area contributed by atoms with E-state index in [0.29, 0.717) is 5.56 Å². The van der Waals surface area contributed by atoms with Crippen LogP contribution in [0.25, 0.3) is 16.3 Å². The average Bonchev–Trinajstić information content (AvgIpc) is 2.36. The number of fused-ring (bicyclic) bond motifs is 1. The number of benzene rings is 2. The van der Waals surface area contributed by atoms with Gasteiger partial charge in [-0.05, 0) is 41.5 Å². The average molecular weight is 226 g/mol. The fourth-order valence-electron chi connectivity index (χ4n) is 1.76. The number of ether oxygens (including phenoxy) is 1. The van der Waals surface area contributed by atoms with Crippen LogP contribution in [0.5, 0.6) is 0 Å². The number of hydrogen-bond donors (Lipinski definition) is 0. The molecule has 2 heteroatoms. The van der Waals surface area contributed by atoms with E-state index in [1.165, 1.54) is 7.11 Å². The zero-order valence-corrected chi connectivity index (χ0v) is 9.99. The van der Waals surface area contributed by atoms with Gasteiger partial charge in [-0.15, -0.1) is 0 Å². The summed E-state index contributed by atoms with van der Waals surface area (Å²) < 4.78 is 4.71. The van der Waals surface area contributed by atoms with Crippen molar-refractivity contribution in [1.82, 2.24) is 0 Å². The molecule has 2 rings (SSSR count). The molecule has 0 heterocycles. The van der Waals surface area contributed by atoms with Crippen LogP contribution in [-0.4, -0.2) is 13.1 Å². The van der Waals surface area contributed by atoms with Gasteiger partial charge in [-0.3, -0.25) is 0 Å². The molecule has 0 bridgehead atoms. The maximum absolute atomic E-state index is 11.4. The van der Waals surface area contributed by atoms with Gasteiger partial charge in [0.25, 0.3) is 0 Å². The van der Waals surface area contributed by atoms with Crippen LogP contribution in [0.15, 0.2) is 43.0 Å². The molecule has 0 saturated heterocycles. The minimum absolute atomic E-state index is 0.312. The molecule has 0 aliphatic rings. The van der Waals surface area contributed by atoms with Gasteiger partial charge in [0.2, 0.25) is 0 Å². The Labute approximate surface area is 101 Å². The summed E-state index contributed by atoms with van der Waals surface area (Å²) in [6.45, 7) is 5.88. The van der Waals surface area contributed by atoms with E-state index in [1.807, 2.05) is 37.3 Å². The smallest absolute Gasteiger partial charge is 0.337 e. The third-order valence-corrected chi connectivity index (χ3v) is 2.75. The van der Waals surface area contributed by atoms with Gasteiger partial charge in [0.05, 0.1) is 12.7 Å². The Bertz CT molecular complexity index is 597. The highest BCUT2D eigenvalue weighted by atomic mass is 16.5. The topological polar surface area (TPSA) is 26.3 Å². The maximum Gasteiger partial charge on any atom is 0.337 e.